The molecule has 0 saturated heterocycles. The third-order valence-electron chi connectivity index (χ3n) is 4.88. The lowest BCUT2D eigenvalue weighted by Crippen LogP contribution is -2.18. The van der Waals surface area contributed by atoms with Gasteiger partial charge >= 0.3 is 11.7 Å². The molecule has 0 atom stereocenters. The van der Waals surface area contributed by atoms with Gasteiger partial charge in [0.15, 0.2) is 0 Å². The Bertz CT molecular complexity index is 1160. The van der Waals surface area contributed by atoms with Crippen LogP contribution in [0.1, 0.15) is 12.0 Å². The quantitative estimate of drug-likeness (QED) is 0.383. The number of esters is 1. The highest BCUT2D eigenvalue weighted by molar-refractivity contribution is 5.75. The van der Waals surface area contributed by atoms with E-state index in [2.05, 4.69) is 17.1 Å². The van der Waals surface area contributed by atoms with Crippen LogP contribution in [-0.2, 0) is 22.5 Å². The number of imidazole rings is 1. The highest BCUT2D eigenvalue weighted by Gasteiger charge is 2.08. The number of hydrogen-bond acceptors (Lipinski definition) is 3. The zero-order valence-electron chi connectivity index (χ0n) is 16.0. The second kappa shape index (κ2) is 8.61. The molecule has 0 saturated carbocycles. The largest absolute Gasteiger partial charge is 0.465 e. The summed E-state index contributed by atoms with van der Waals surface area (Å²) in [5.41, 5.74) is 4.72. The second-order valence-electron chi connectivity index (χ2n) is 6.91. The summed E-state index contributed by atoms with van der Waals surface area (Å²) in [4.78, 5) is 27.0. The van der Waals surface area contributed by atoms with Crippen LogP contribution in [0.4, 0.5) is 0 Å². The number of H-pyrrole nitrogens is 1. The van der Waals surface area contributed by atoms with Gasteiger partial charge in [-0.05, 0) is 35.2 Å². The first kappa shape index (κ1) is 18.7. The molecule has 1 aromatic heterocycles. The first-order valence-corrected chi connectivity index (χ1v) is 9.68. The number of aromatic amines is 1. The average molecular weight is 386 g/mol. The summed E-state index contributed by atoms with van der Waals surface area (Å²) in [7, 11) is 0. The SMILES string of the molecule is O=C(Cc1ccc(-c2ccccc2)cc1)OCCCn1c(=O)[nH]c2ccccc21. The lowest BCUT2D eigenvalue weighted by atomic mass is 10.0. The maximum absolute atomic E-state index is 12.1. The van der Waals surface area contributed by atoms with E-state index in [1.54, 1.807) is 4.57 Å². The van der Waals surface area contributed by atoms with Crippen LogP contribution >= 0.6 is 0 Å². The number of aromatic nitrogens is 2. The van der Waals surface area contributed by atoms with Crippen molar-refractivity contribution >= 4 is 17.0 Å². The van der Waals surface area contributed by atoms with Gasteiger partial charge in [-0.15, -0.1) is 0 Å². The van der Waals surface area contributed by atoms with E-state index in [1.807, 2.05) is 66.7 Å². The van der Waals surface area contributed by atoms with Crippen molar-refractivity contribution < 1.29 is 9.53 Å². The van der Waals surface area contributed by atoms with Crippen LogP contribution in [0.15, 0.2) is 83.7 Å². The maximum atomic E-state index is 12.1. The normalized spacial score (nSPS) is 10.9. The Balaban J connectivity index is 1.27. The number of fused-ring (bicyclic) bond motifs is 1. The molecular weight excluding hydrogens is 364 g/mol. The van der Waals surface area contributed by atoms with Crippen LogP contribution in [0.25, 0.3) is 22.2 Å². The van der Waals surface area contributed by atoms with Crippen molar-refractivity contribution in [2.45, 2.75) is 19.4 Å². The van der Waals surface area contributed by atoms with Gasteiger partial charge in [-0.2, -0.15) is 0 Å². The molecule has 4 rings (SSSR count). The van der Waals surface area contributed by atoms with Gasteiger partial charge in [0.2, 0.25) is 0 Å². The molecule has 5 nitrogen and oxygen atoms in total. The summed E-state index contributed by atoms with van der Waals surface area (Å²) in [6, 6.07) is 25.6. The fraction of sp³-hybridized carbons (Fsp3) is 0.167. The zero-order valence-corrected chi connectivity index (χ0v) is 16.0. The molecule has 1 heterocycles. The van der Waals surface area contributed by atoms with E-state index in [1.165, 1.54) is 0 Å². The van der Waals surface area contributed by atoms with Crippen molar-refractivity contribution in [2.24, 2.45) is 0 Å². The third kappa shape index (κ3) is 4.46. The minimum atomic E-state index is -0.260. The van der Waals surface area contributed by atoms with Crippen LogP contribution in [0.2, 0.25) is 0 Å². The van der Waals surface area contributed by atoms with Gasteiger partial charge in [0.1, 0.15) is 0 Å². The predicted molar refractivity (Wildman–Crippen MR) is 114 cm³/mol. The number of nitrogens with zero attached hydrogens (tertiary/aromatic N) is 1. The molecule has 0 fully saturated rings. The number of ether oxygens (including phenoxy) is 1. The molecule has 0 spiro atoms. The Kier molecular flexibility index (Phi) is 5.56. The standard InChI is InChI=1S/C24H22N2O3/c27-23(17-18-11-13-20(14-12-18)19-7-2-1-3-8-19)29-16-6-15-26-22-10-5-4-9-21(22)25-24(26)28/h1-5,7-14H,6,15-17H2,(H,25,28). The molecule has 0 aliphatic heterocycles. The number of benzene rings is 3. The third-order valence-corrected chi connectivity index (χ3v) is 4.88. The van der Waals surface area contributed by atoms with Crippen molar-refractivity contribution in [2.75, 3.05) is 6.61 Å². The average Bonchev–Trinajstić information content (AvgIpc) is 3.07. The number of nitrogens with one attached hydrogen (secondary N) is 1. The van der Waals surface area contributed by atoms with E-state index in [0.717, 1.165) is 27.7 Å². The van der Waals surface area contributed by atoms with Crippen LogP contribution in [0.5, 0.6) is 0 Å². The van der Waals surface area contributed by atoms with Crippen LogP contribution < -0.4 is 5.69 Å². The van der Waals surface area contributed by atoms with Crippen molar-refractivity contribution in [1.29, 1.82) is 0 Å². The topological polar surface area (TPSA) is 64.1 Å². The van der Waals surface area contributed by atoms with E-state index in [0.29, 0.717) is 13.0 Å². The highest BCUT2D eigenvalue weighted by Crippen LogP contribution is 2.19. The van der Waals surface area contributed by atoms with Gasteiger partial charge in [0.25, 0.3) is 0 Å². The monoisotopic (exact) mass is 386 g/mol. The summed E-state index contributed by atoms with van der Waals surface area (Å²) in [5, 5.41) is 0. The Hall–Kier alpha value is -3.60. The van der Waals surface area contributed by atoms with E-state index >= 15 is 0 Å². The van der Waals surface area contributed by atoms with E-state index < -0.39 is 0 Å². The smallest absolute Gasteiger partial charge is 0.326 e. The summed E-state index contributed by atoms with van der Waals surface area (Å²) >= 11 is 0. The molecule has 1 N–H and O–H groups in total. The number of hydrogen-bond donors (Lipinski definition) is 1. The molecule has 0 amide bonds. The fourth-order valence-electron chi connectivity index (χ4n) is 3.40. The van der Waals surface area contributed by atoms with Crippen LogP contribution in [0.3, 0.4) is 0 Å². The minimum Gasteiger partial charge on any atom is -0.465 e. The molecular formula is C24H22N2O3. The summed E-state index contributed by atoms with van der Waals surface area (Å²) < 4.78 is 7.02. The molecule has 0 bridgehead atoms. The van der Waals surface area contributed by atoms with E-state index in [9.17, 15) is 9.59 Å². The molecule has 0 unspecified atom stereocenters. The second-order valence-corrected chi connectivity index (χ2v) is 6.91. The Morgan fingerprint density at radius 1 is 0.862 bits per heavy atom. The molecule has 5 heteroatoms. The van der Waals surface area contributed by atoms with Gasteiger partial charge in [-0.1, -0.05) is 66.7 Å². The molecule has 0 radical (unpaired) electrons. The lowest BCUT2D eigenvalue weighted by molar-refractivity contribution is -0.142. The predicted octanol–water partition coefficient (Wildman–Crippen LogP) is 4.17. The van der Waals surface area contributed by atoms with Crippen molar-refractivity contribution in [1.82, 2.24) is 9.55 Å². The first-order chi connectivity index (χ1) is 14.2. The number of para-hydroxylation sites is 2. The molecule has 3 aromatic carbocycles. The minimum absolute atomic E-state index is 0.143. The zero-order chi connectivity index (χ0) is 20.1. The number of rotatable bonds is 7. The Labute approximate surface area is 168 Å². The van der Waals surface area contributed by atoms with Crippen molar-refractivity contribution in [3.8, 4) is 11.1 Å². The molecule has 146 valence electrons. The van der Waals surface area contributed by atoms with Crippen molar-refractivity contribution in [3.05, 3.63) is 94.9 Å². The molecule has 29 heavy (non-hydrogen) atoms. The highest BCUT2D eigenvalue weighted by atomic mass is 16.5. The van der Waals surface area contributed by atoms with Crippen LogP contribution in [0, 0.1) is 0 Å². The Morgan fingerprint density at radius 2 is 1.55 bits per heavy atom. The van der Waals surface area contributed by atoms with Gasteiger partial charge in [-0.3, -0.25) is 9.36 Å². The number of carbonyl (C=O) groups is 1. The number of aryl methyl sites for hydroxylation is 1. The lowest BCUT2D eigenvalue weighted by Gasteiger charge is -2.07. The van der Waals surface area contributed by atoms with Gasteiger partial charge < -0.3 is 9.72 Å². The summed E-state index contributed by atoms with van der Waals surface area (Å²) in [6.07, 6.45) is 0.822. The van der Waals surface area contributed by atoms with Gasteiger partial charge in [-0.25, -0.2) is 4.79 Å². The molecule has 4 aromatic rings. The molecule has 0 aliphatic rings. The van der Waals surface area contributed by atoms with Crippen molar-refractivity contribution in [3.63, 3.8) is 0 Å². The Morgan fingerprint density at radius 3 is 2.34 bits per heavy atom. The fourth-order valence-corrected chi connectivity index (χ4v) is 3.40. The molecule has 0 aliphatic carbocycles. The van der Waals surface area contributed by atoms with Gasteiger partial charge in [0, 0.05) is 6.54 Å². The summed E-state index contributed by atoms with van der Waals surface area (Å²) in [6.45, 7) is 0.786. The van der Waals surface area contributed by atoms with E-state index in [4.69, 9.17) is 4.74 Å². The first-order valence-electron chi connectivity index (χ1n) is 9.68. The van der Waals surface area contributed by atoms with Crippen LogP contribution in [-0.4, -0.2) is 22.1 Å². The number of carbonyl (C=O) groups excluding carboxylic acids is 1. The summed E-state index contributed by atoms with van der Waals surface area (Å²) in [5.74, 6) is -0.260. The van der Waals surface area contributed by atoms with E-state index in [-0.39, 0.29) is 24.7 Å². The maximum Gasteiger partial charge on any atom is 0.326 e. The van der Waals surface area contributed by atoms with Gasteiger partial charge in [0.05, 0.1) is 24.1 Å².